The Hall–Kier alpha value is -4.29. The summed E-state index contributed by atoms with van der Waals surface area (Å²) in [6.45, 7) is 27.8. The number of pyridine rings is 2. The molecule has 0 aliphatic rings. The normalized spacial score (nSPS) is 12.0. The molecule has 0 fully saturated rings. The first-order chi connectivity index (χ1) is 27.8. The molecule has 0 saturated carbocycles. The van der Waals surface area contributed by atoms with E-state index >= 15 is 0 Å². The Morgan fingerprint density at radius 1 is 0.800 bits per heavy atom. The number of aliphatic hydroxyl groups is 1. The van der Waals surface area contributed by atoms with Crippen LogP contribution in [0.5, 0.6) is 0 Å². The van der Waals surface area contributed by atoms with Gasteiger partial charge in [-0.3, -0.25) is 4.79 Å². The summed E-state index contributed by atoms with van der Waals surface area (Å²) in [6.07, 6.45) is 8.63. The van der Waals surface area contributed by atoms with Gasteiger partial charge in [0.2, 0.25) is 0 Å². The summed E-state index contributed by atoms with van der Waals surface area (Å²) in [5, 5.41) is 15.2. The second kappa shape index (κ2) is 21.5. The SMILES string of the molecule is CC(C)c1cc(-c2[c-]cccc2)ncc1[Si](C)(C)C.CCC(C)(CC)C(=O)/C=C(\O)C(C)(CC)CC.Cc1[c-]c(-c2nccc3c2ccc2c(F)cccc23)cc(C)c1.[Ir]. The number of allylic oxidation sites excluding steroid dienone is 2. The smallest absolute Gasteiger partial charge is 0.164 e. The van der Waals surface area contributed by atoms with Crippen molar-refractivity contribution < 1.29 is 34.4 Å². The zero-order chi connectivity index (χ0) is 43.7. The number of hydrogen-bond acceptors (Lipinski definition) is 4. The molecule has 6 aromatic rings. The van der Waals surface area contributed by atoms with E-state index in [-0.39, 0.29) is 48.3 Å². The minimum Gasteiger partial charge on any atom is -0.512 e. The van der Waals surface area contributed by atoms with Crippen LogP contribution in [0.2, 0.25) is 19.6 Å². The number of carbonyl (C=O) groups is 1. The van der Waals surface area contributed by atoms with Gasteiger partial charge in [0.15, 0.2) is 5.78 Å². The van der Waals surface area contributed by atoms with Gasteiger partial charge in [-0.05, 0) is 76.5 Å². The first kappa shape index (κ1) is 50.1. The molecule has 2 heterocycles. The van der Waals surface area contributed by atoms with E-state index in [1.165, 1.54) is 28.5 Å². The van der Waals surface area contributed by atoms with Crippen LogP contribution in [0.1, 0.15) is 104 Å². The molecule has 0 amide bonds. The van der Waals surface area contributed by atoms with E-state index in [1.54, 1.807) is 12.3 Å². The number of rotatable bonds is 11. The molecule has 0 aliphatic carbocycles. The molecule has 4 aromatic carbocycles. The van der Waals surface area contributed by atoms with E-state index < -0.39 is 8.07 Å². The quantitative estimate of drug-likeness (QED) is 0.0462. The molecule has 0 bridgehead atoms. The molecule has 4 nitrogen and oxygen atoms in total. The van der Waals surface area contributed by atoms with Gasteiger partial charge in [-0.2, -0.15) is 0 Å². The van der Waals surface area contributed by atoms with E-state index in [0.717, 1.165) is 69.9 Å². The number of nitrogens with zero attached hydrogens (tertiary/aromatic N) is 2. The van der Waals surface area contributed by atoms with Crippen molar-refractivity contribution in [1.82, 2.24) is 9.97 Å². The number of carbonyl (C=O) groups excluding carboxylic acids is 1. The van der Waals surface area contributed by atoms with Crippen molar-refractivity contribution in [3.63, 3.8) is 0 Å². The second-order valence-electron chi connectivity index (χ2n) is 17.7. The molecule has 7 heteroatoms. The topological polar surface area (TPSA) is 63.1 Å². The van der Waals surface area contributed by atoms with Gasteiger partial charge in [-0.25, -0.2) is 4.39 Å². The number of fused-ring (bicyclic) bond motifs is 3. The maximum atomic E-state index is 14.0. The second-order valence-corrected chi connectivity index (χ2v) is 22.7. The number of aromatic nitrogens is 2. The molecule has 1 N–H and O–H groups in total. The third-order valence-corrected chi connectivity index (χ3v) is 14.1. The molecule has 2 aromatic heterocycles. The Labute approximate surface area is 374 Å². The third-order valence-electron chi connectivity index (χ3n) is 12.1. The number of halogens is 1. The summed E-state index contributed by atoms with van der Waals surface area (Å²) >= 11 is 0. The largest absolute Gasteiger partial charge is 0.512 e. The van der Waals surface area contributed by atoms with Crippen molar-refractivity contribution in [3.05, 3.63) is 138 Å². The maximum absolute atomic E-state index is 14.0. The number of ketones is 1. The predicted octanol–water partition coefficient (Wildman–Crippen LogP) is 14.5. The van der Waals surface area contributed by atoms with E-state index in [1.807, 2.05) is 90.9 Å². The number of benzene rings is 4. The van der Waals surface area contributed by atoms with Crippen LogP contribution in [0.25, 0.3) is 44.1 Å². The van der Waals surface area contributed by atoms with Crippen molar-refractivity contribution in [2.45, 2.75) is 120 Å². The van der Waals surface area contributed by atoms with Crippen molar-refractivity contribution in [2.75, 3.05) is 0 Å². The van der Waals surface area contributed by atoms with E-state index in [4.69, 9.17) is 0 Å². The molecule has 0 atom stereocenters. The van der Waals surface area contributed by atoms with Crippen LogP contribution in [-0.2, 0) is 24.9 Å². The molecule has 1 radical (unpaired) electrons. The molecule has 0 saturated heterocycles. The molecule has 60 heavy (non-hydrogen) atoms. The Balaban J connectivity index is 0.000000242. The average Bonchev–Trinajstić information content (AvgIpc) is 3.22. The monoisotopic (exact) mass is 1000 g/mol. The van der Waals surface area contributed by atoms with Gasteiger partial charge < -0.3 is 15.1 Å². The molecular formula is C53H65FIrN2O2Si-2. The predicted molar refractivity (Wildman–Crippen MR) is 252 cm³/mol. The Kier molecular flexibility index (Phi) is 17.9. The molecule has 321 valence electrons. The summed E-state index contributed by atoms with van der Waals surface area (Å²) < 4.78 is 14.0. The first-order valence-electron chi connectivity index (χ1n) is 21.2. The van der Waals surface area contributed by atoms with Gasteiger partial charge in [0.1, 0.15) is 11.6 Å². The Bertz CT molecular complexity index is 2370. The van der Waals surface area contributed by atoms with Gasteiger partial charge in [-0.1, -0.05) is 125 Å². The van der Waals surface area contributed by atoms with E-state index in [2.05, 4.69) is 93.0 Å². The molecule has 6 rings (SSSR count). The fourth-order valence-electron chi connectivity index (χ4n) is 7.18. The van der Waals surface area contributed by atoms with Crippen LogP contribution in [-0.4, -0.2) is 28.9 Å². The standard InChI is InChI=1S/C21H15FN.C17H22NSi.C15H28O2.Ir/c1-13-10-14(2)12-15(11-13)21-19-7-6-18-16(4-3-5-20(18)22)17(19)8-9-23-21;1-13(2)15-11-16(14-9-7-6-8-10-14)18-12-17(15)19(3,4)5;1-7-14(5,8-2)12(16)11-13(17)15(6,9-3)10-4;/h3-11H,1-2H3;6-9,11-13H,1-5H3;11,16H,7-10H2,1-6H3;/q2*-1;;/b;;12-11-;. The summed E-state index contributed by atoms with van der Waals surface area (Å²) in [6, 6.07) is 32.0. The molecule has 0 spiro atoms. The number of hydrogen-bond donors (Lipinski definition) is 1. The number of aliphatic hydroxyl groups excluding tert-OH is 1. The summed E-state index contributed by atoms with van der Waals surface area (Å²) in [7, 11) is -1.34. The van der Waals surface area contributed by atoms with E-state index in [0.29, 0.717) is 11.3 Å². The first-order valence-corrected chi connectivity index (χ1v) is 24.7. The van der Waals surface area contributed by atoms with Crippen LogP contribution in [0, 0.1) is 42.6 Å². The fourth-order valence-corrected chi connectivity index (χ4v) is 8.86. The summed E-state index contributed by atoms with van der Waals surface area (Å²) in [5.74, 6) is 0.627. The molecule has 0 aliphatic heterocycles. The van der Waals surface area contributed by atoms with Crippen LogP contribution in [0.3, 0.4) is 0 Å². The van der Waals surface area contributed by atoms with Crippen LogP contribution in [0.4, 0.5) is 4.39 Å². The maximum Gasteiger partial charge on any atom is 0.164 e. The van der Waals surface area contributed by atoms with Crippen molar-refractivity contribution in [3.8, 4) is 22.5 Å². The van der Waals surface area contributed by atoms with Crippen molar-refractivity contribution in [2.24, 2.45) is 10.8 Å². The summed E-state index contributed by atoms with van der Waals surface area (Å²) in [5.41, 5.74) is 7.09. The van der Waals surface area contributed by atoms with Crippen LogP contribution < -0.4 is 5.19 Å². The Morgan fingerprint density at radius 3 is 2.00 bits per heavy atom. The van der Waals surface area contributed by atoms with Gasteiger partial charge >= 0.3 is 0 Å². The van der Waals surface area contributed by atoms with Gasteiger partial charge in [0.05, 0.1) is 8.07 Å². The number of aryl methyl sites for hydroxylation is 2. The average molecular weight is 1000 g/mol. The van der Waals surface area contributed by atoms with Gasteiger partial charge in [0.25, 0.3) is 0 Å². The fraction of sp³-hybridized carbons (Fsp3) is 0.377. The molecule has 0 unspecified atom stereocenters. The zero-order valence-electron chi connectivity index (χ0n) is 38.1. The zero-order valence-corrected chi connectivity index (χ0v) is 41.5. The minimum absolute atomic E-state index is 0. The van der Waals surface area contributed by atoms with Crippen molar-refractivity contribution >= 4 is 40.6 Å². The Morgan fingerprint density at radius 2 is 1.43 bits per heavy atom. The van der Waals surface area contributed by atoms with Crippen molar-refractivity contribution in [1.29, 1.82) is 0 Å². The third kappa shape index (κ3) is 12.0. The van der Waals surface area contributed by atoms with Gasteiger partial charge in [-0.15, -0.1) is 70.8 Å². The van der Waals surface area contributed by atoms with Gasteiger partial charge in [0, 0.05) is 54.8 Å². The minimum atomic E-state index is -1.34. The summed E-state index contributed by atoms with van der Waals surface area (Å²) in [4.78, 5) is 21.4. The van der Waals surface area contributed by atoms with Crippen LogP contribution in [0.15, 0.2) is 103 Å². The van der Waals surface area contributed by atoms with Crippen LogP contribution >= 0.6 is 0 Å². The van der Waals surface area contributed by atoms with E-state index in [9.17, 15) is 14.3 Å². The molecular weight excluding hydrogens is 936 g/mol.